The smallest absolute Gasteiger partial charge is 0.410 e. The summed E-state index contributed by atoms with van der Waals surface area (Å²) in [6, 6.07) is 11.4. The molecule has 0 aliphatic rings. The molecule has 1 atom stereocenters. The number of aliphatic carboxylic acids is 1. The van der Waals surface area contributed by atoms with Gasteiger partial charge in [-0.15, -0.1) is 0 Å². The Hall–Kier alpha value is -2.76. The molecule has 2 aromatic carbocycles. The van der Waals surface area contributed by atoms with E-state index in [2.05, 4.69) is 0 Å². The molecule has 0 saturated carbocycles. The molecule has 28 heavy (non-hydrogen) atoms. The molecule has 0 aromatic heterocycles. The Balaban J connectivity index is 2.04. The molecule has 0 saturated heterocycles. The Morgan fingerprint density at radius 1 is 1.11 bits per heavy atom. The first-order valence-electron chi connectivity index (χ1n) is 9.35. The van der Waals surface area contributed by atoms with Crippen molar-refractivity contribution in [2.75, 3.05) is 20.7 Å². The molecule has 0 unspecified atom stereocenters. The number of ether oxygens (including phenoxy) is 2. The minimum absolute atomic E-state index is 0.404. The Labute approximate surface area is 166 Å². The van der Waals surface area contributed by atoms with Crippen LogP contribution in [0.25, 0.3) is 10.8 Å². The molecule has 2 aromatic rings. The van der Waals surface area contributed by atoms with Crippen molar-refractivity contribution >= 4 is 22.8 Å². The third-order valence-electron chi connectivity index (χ3n) is 4.46. The molecule has 2 rings (SSSR count). The lowest BCUT2D eigenvalue weighted by atomic mass is 9.92. The van der Waals surface area contributed by atoms with Gasteiger partial charge in [-0.1, -0.05) is 24.3 Å². The van der Waals surface area contributed by atoms with E-state index >= 15 is 0 Å². The van der Waals surface area contributed by atoms with E-state index < -0.39 is 23.6 Å². The first-order chi connectivity index (χ1) is 13.1. The number of carboxylic acid groups (broad SMARTS) is 1. The molecule has 1 N–H and O–H groups in total. The summed E-state index contributed by atoms with van der Waals surface area (Å²) in [6.07, 6.45) is 0.594. The van der Waals surface area contributed by atoms with Crippen molar-refractivity contribution in [3.8, 4) is 5.75 Å². The van der Waals surface area contributed by atoms with Crippen molar-refractivity contribution in [2.45, 2.75) is 45.1 Å². The van der Waals surface area contributed by atoms with E-state index in [1.807, 2.05) is 57.2 Å². The van der Waals surface area contributed by atoms with Crippen molar-refractivity contribution < 1.29 is 24.2 Å². The van der Waals surface area contributed by atoms with E-state index in [1.54, 1.807) is 14.2 Å². The maximum atomic E-state index is 12.0. The lowest BCUT2D eigenvalue weighted by Gasteiger charge is -2.25. The van der Waals surface area contributed by atoms with Crippen LogP contribution < -0.4 is 4.74 Å². The predicted octanol–water partition coefficient (Wildman–Crippen LogP) is 4.66. The number of carboxylic acids is 1. The minimum atomic E-state index is -0.868. The Bertz CT molecular complexity index is 840. The molecular weight excluding hydrogens is 358 g/mol. The predicted molar refractivity (Wildman–Crippen MR) is 109 cm³/mol. The number of rotatable bonds is 7. The van der Waals surface area contributed by atoms with Crippen LogP contribution in [-0.2, 0) is 9.53 Å². The number of nitrogens with zero attached hydrogens (tertiary/aromatic N) is 1. The van der Waals surface area contributed by atoms with E-state index in [9.17, 15) is 14.7 Å². The largest absolute Gasteiger partial charge is 0.497 e. The van der Waals surface area contributed by atoms with Gasteiger partial charge in [0.1, 0.15) is 11.4 Å². The van der Waals surface area contributed by atoms with Crippen LogP contribution in [0.5, 0.6) is 5.75 Å². The number of amides is 1. The fourth-order valence-electron chi connectivity index (χ4n) is 2.98. The first-order valence-corrected chi connectivity index (χ1v) is 9.35. The maximum Gasteiger partial charge on any atom is 0.410 e. The molecule has 0 bridgehead atoms. The Kier molecular flexibility index (Phi) is 6.89. The van der Waals surface area contributed by atoms with Gasteiger partial charge in [-0.25, -0.2) is 4.79 Å². The number of hydrogen-bond donors (Lipinski definition) is 1. The van der Waals surface area contributed by atoms with Gasteiger partial charge in [0.25, 0.3) is 0 Å². The number of fused-ring (bicyclic) bond motifs is 1. The van der Waals surface area contributed by atoms with Gasteiger partial charge in [-0.05, 0) is 62.1 Å². The van der Waals surface area contributed by atoms with Crippen LogP contribution in [0.1, 0.15) is 45.1 Å². The van der Waals surface area contributed by atoms with Crippen molar-refractivity contribution in [3.63, 3.8) is 0 Å². The second-order valence-corrected chi connectivity index (χ2v) is 7.91. The van der Waals surface area contributed by atoms with Crippen LogP contribution in [0.4, 0.5) is 4.79 Å². The van der Waals surface area contributed by atoms with Gasteiger partial charge < -0.3 is 19.5 Å². The highest BCUT2D eigenvalue weighted by Gasteiger charge is 2.22. The number of methoxy groups -OCH3 is 1. The third-order valence-corrected chi connectivity index (χ3v) is 4.46. The highest BCUT2D eigenvalue weighted by Crippen LogP contribution is 2.28. The van der Waals surface area contributed by atoms with Gasteiger partial charge in [0.2, 0.25) is 0 Å². The molecule has 0 fully saturated rings. The number of carbonyl (C=O) groups excluding carboxylic acids is 1. The third kappa shape index (κ3) is 5.87. The van der Waals surface area contributed by atoms with Crippen molar-refractivity contribution in [3.05, 3.63) is 42.0 Å². The summed E-state index contributed by atoms with van der Waals surface area (Å²) >= 11 is 0. The van der Waals surface area contributed by atoms with Gasteiger partial charge in [-0.2, -0.15) is 0 Å². The quantitative estimate of drug-likeness (QED) is 0.747. The van der Waals surface area contributed by atoms with E-state index in [0.717, 1.165) is 22.1 Å². The van der Waals surface area contributed by atoms with Gasteiger partial charge in [-0.3, -0.25) is 4.79 Å². The number of hydrogen-bond acceptors (Lipinski definition) is 4. The van der Waals surface area contributed by atoms with Crippen LogP contribution in [0.15, 0.2) is 36.4 Å². The van der Waals surface area contributed by atoms with Gasteiger partial charge >= 0.3 is 12.1 Å². The summed E-state index contributed by atoms with van der Waals surface area (Å²) in [5.41, 5.74) is 0.202. The molecular formula is C22H29NO5. The normalized spacial score (nSPS) is 12.5. The zero-order valence-electron chi connectivity index (χ0n) is 17.2. The lowest BCUT2D eigenvalue weighted by Crippen LogP contribution is -2.34. The molecule has 6 heteroatoms. The van der Waals surface area contributed by atoms with E-state index in [-0.39, 0.29) is 0 Å². The van der Waals surface area contributed by atoms with Crippen LogP contribution in [0, 0.1) is 0 Å². The van der Waals surface area contributed by atoms with E-state index in [0.29, 0.717) is 19.4 Å². The molecule has 152 valence electrons. The monoisotopic (exact) mass is 387 g/mol. The Morgan fingerprint density at radius 2 is 1.75 bits per heavy atom. The summed E-state index contributed by atoms with van der Waals surface area (Å²) in [6.45, 7) is 5.88. The number of carbonyl (C=O) groups is 2. The minimum Gasteiger partial charge on any atom is -0.497 e. The van der Waals surface area contributed by atoms with Crippen molar-refractivity contribution in [1.29, 1.82) is 0 Å². The van der Waals surface area contributed by atoms with Crippen molar-refractivity contribution in [1.82, 2.24) is 4.90 Å². The lowest BCUT2D eigenvalue weighted by molar-refractivity contribution is -0.139. The Morgan fingerprint density at radius 3 is 2.36 bits per heavy atom. The number of benzene rings is 2. The highest BCUT2D eigenvalue weighted by atomic mass is 16.6. The molecule has 0 spiro atoms. The van der Waals surface area contributed by atoms with Gasteiger partial charge in [0.05, 0.1) is 13.0 Å². The zero-order chi connectivity index (χ0) is 20.9. The summed E-state index contributed by atoms with van der Waals surface area (Å²) < 4.78 is 10.5. The molecule has 0 aliphatic carbocycles. The SMILES string of the molecule is COc1ccc2cc([C@H](CCCN(C)C(=O)OC(C)(C)C)C(=O)O)ccc2c1. The van der Waals surface area contributed by atoms with Crippen LogP contribution in [-0.4, -0.2) is 48.4 Å². The van der Waals surface area contributed by atoms with E-state index in [4.69, 9.17) is 9.47 Å². The summed E-state index contributed by atoms with van der Waals surface area (Å²) in [5.74, 6) is -0.730. The summed E-state index contributed by atoms with van der Waals surface area (Å²) in [5, 5.41) is 11.6. The molecule has 6 nitrogen and oxygen atoms in total. The second kappa shape index (κ2) is 8.95. The van der Waals surface area contributed by atoms with Crippen LogP contribution in [0.2, 0.25) is 0 Å². The summed E-state index contributed by atoms with van der Waals surface area (Å²) in [4.78, 5) is 25.3. The first kappa shape index (κ1) is 21.5. The molecule has 0 aliphatic heterocycles. The van der Waals surface area contributed by atoms with Crippen molar-refractivity contribution in [2.24, 2.45) is 0 Å². The van der Waals surface area contributed by atoms with E-state index in [1.165, 1.54) is 4.90 Å². The molecule has 0 radical (unpaired) electrons. The second-order valence-electron chi connectivity index (χ2n) is 7.91. The fourth-order valence-corrected chi connectivity index (χ4v) is 2.98. The van der Waals surface area contributed by atoms with Gasteiger partial charge in [0, 0.05) is 13.6 Å². The highest BCUT2D eigenvalue weighted by molar-refractivity contribution is 5.86. The average molecular weight is 387 g/mol. The van der Waals surface area contributed by atoms with Crippen LogP contribution >= 0.6 is 0 Å². The van der Waals surface area contributed by atoms with Crippen LogP contribution in [0.3, 0.4) is 0 Å². The average Bonchev–Trinajstić information content (AvgIpc) is 2.62. The standard InChI is InChI=1S/C22H29NO5/c1-22(2,3)28-21(26)23(4)12-6-7-19(20(24)25)17-9-8-16-14-18(27-5)11-10-15(16)13-17/h8-11,13-14,19H,6-7,12H2,1-5H3,(H,24,25)/t19-/m0/s1. The molecule has 1 amide bonds. The fraction of sp³-hybridized carbons (Fsp3) is 0.455. The van der Waals surface area contributed by atoms with Gasteiger partial charge in [0.15, 0.2) is 0 Å². The maximum absolute atomic E-state index is 12.0. The summed E-state index contributed by atoms with van der Waals surface area (Å²) in [7, 11) is 3.28. The topological polar surface area (TPSA) is 76.1 Å². The molecule has 0 heterocycles. The zero-order valence-corrected chi connectivity index (χ0v) is 17.2.